The monoisotopic (exact) mass is 364 g/mol. The van der Waals surface area contributed by atoms with Crippen LogP contribution in [0.15, 0.2) is 29.3 Å². The number of carbonyl (C=O) groups excluding carboxylic acids is 1. The van der Waals surface area contributed by atoms with E-state index in [1.807, 2.05) is 6.08 Å². The molecule has 1 amide bonds. The Hall–Kier alpha value is -2.80. The zero-order valence-electron chi connectivity index (χ0n) is 15.7. The van der Waals surface area contributed by atoms with Crippen LogP contribution in [0, 0.1) is 13.8 Å². The quantitative estimate of drug-likeness (QED) is 0.815. The molecule has 7 heteroatoms. The van der Waals surface area contributed by atoms with Gasteiger partial charge >= 0.3 is 0 Å². The Morgan fingerprint density at radius 2 is 2.00 bits per heavy atom. The summed E-state index contributed by atoms with van der Waals surface area (Å²) < 4.78 is 0. The van der Waals surface area contributed by atoms with E-state index < -0.39 is 0 Å². The van der Waals surface area contributed by atoms with Gasteiger partial charge in [-0.25, -0.2) is 5.43 Å². The maximum Gasteiger partial charge on any atom is 0.273 e. The Morgan fingerprint density at radius 1 is 1.19 bits per heavy atom. The molecule has 2 aliphatic rings. The van der Waals surface area contributed by atoms with Crippen molar-refractivity contribution >= 4 is 17.7 Å². The lowest BCUT2D eigenvalue weighted by Crippen LogP contribution is -2.29. The number of rotatable bonds is 4. The molecule has 4 heterocycles. The number of hydrazone groups is 1. The van der Waals surface area contributed by atoms with Crippen LogP contribution in [0.5, 0.6) is 0 Å². The SMILES string of the molecule is Cc1[nH]c(C=C2C(=O)NN=C2c2cnccn2)c(C)c1CN1CCCCC1. The van der Waals surface area contributed by atoms with E-state index in [-0.39, 0.29) is 5.91 Å². The van der Waals surface area contributed by atoms with Crippen molar-refractivity contribution in [3.63, 3.8) is 0 Å². The first-order valence-corrected chi connectivity index (χ1v) is 9.40. The van der Waals surface area contributed by atoms with Crippen molar-refractivity contribution in [2.24, 2.45) is 5.10 Å². The number of piperidine rings is 1. The molecular weight excluding hydrogens is 340 g/mol. The third-order valence-corrected chi connectivity index (χ3v) is 5.33. The van der Waals surface area contributed by atoms with Gasteiger partial charge < -0.3 is 4.98 Å². The van der Waals surface area contributed by atoms with E-state index in [0.29, 0.717) is 17.0 Å². The molecule has 0 radical (unpaired) electrons. The summed E-state index contributed by atoms with van der Waals surface area (Å²) in [5, 5.41) is 4.14. The van der Waals surface area contributed by atoms with Gasteiger partial charge in [-0.1, -0.05) is 6.42 Å². The predicted octanol–water partition coefficient (Wildman–Crippen LogP) is 2.32. The highest BCUT2D eigenvalue weighted by molar-refractivity contribution is 6.32. The average molecular weight is 364 g/mol. The van der Waals surface area contributed by atoms with Crippen molar-refractivity contribution < 1.29 is 4.79 Å². The van der Waals surface area contributed by atoms with Crippen molar-refractivity contribution in [3.05, 3.63) is 52.4 Å². The molecule has 0 aliphatic carbocycles. The van der Waals surface area contributed by atoms with E-state index >= 15 is 0 Å². The van der Waals surface area contributed by atoms with Crippen LogP contribution < -0.4 is 5.43 Å². The Kier molecular flexibility index (Phi) is 4.85. The molecule has 27 heavy (non-hydrogen) atoms. The number of nitrogens with one attached hydrogen (secondary N) is 2. The summed E-state index contributed by atoms with van der Waals surface area (Å²) in [5.41, 5.74) is 8.75. The zero-order chi connectivity index (χ0) is 18.8. The van der Waals surface area contributed by atoms with Crippen LogP contribution in [-0.2, 0) is 11.3 Å². The normalized spacial score (nSPS) is 19.4. The summed E-state index contributed by atoms with van der Waals surface area (Å²) in [7, 11) is 0. The number of aryl methyl sites for hydroxylation is 1. The minimum absolute atomic E-state index is 0.222. The van der Waals surface area contributed by atoms with Crippen molar-refractivity contribution in [2.45, 2.75) is 39.7 Å². The van der Waals surface area contributed by atoms with E-state index in [9.17, 15) is 4.79 Å². The second kappa shape index (κ2) is 7.44. The second-order valence-electron chi connectivity index (χ2n) is 7.15. The van der Waals surface area contributed by atoms with Crippen LogP contribution in [0.3, 0.4) is 0 Å². The molecule has 4 rings (SSSR count). The highest BCUT2D eigenvalue weighted by Crippen LogP contribution is 2.25. The van der Waals surface area contributed by atoms with Gasteiger partial charge in [0.05, 0.1) is 11.8 Å². The highest BCUT2D eigenvalue weighted by Gasteiger charge is 2.26. The first-order chi connectivity index (χ1) is 13.1. The number of aromatic amines is 1. The molecule has 0 saturated carbocycles. The number of amides is 1. The zero-order valence-corrected chi connectivity index (χ0v) is 15.7. The number of carbonyl (C=O) groups is 1. The maximum atomic E-state index is 12.3. The largest absolute Gasteiger partial charge is 0.359 e. The first-order valence-electron chi connectivity index (χ1n) is 9.40. The number of hydrogen-bond donors (Lipinski definition) is 2. The smallest absolute Gasteiger partial charge is 0.273 e. The third-order valence-electron chi connectivity index (χ3n) is 5.33. The topological polar surface area (TPSA) is 86.3 Å². The van der Waals surface area contributed by atoms with Gasteiger partial charge in [-0.3, -0.25) is 19.7 Å². The average Bonchev–Trinajstić information content (AvgIpc) is 3.18. The van der Waals surface area contributed by atoms with E-state index in [2.05, 4.69) is 44.2 Å². The lowest BCUT2D eigenvalue weighted by atomic mass is 10.0. The molecule has 0 aromatic carbocycles. The Bertz CT molecular complexity index is 906. The molecule has 2 aromatic heterocycles. The van der Waals surface area contributed by atoms with Crippen LogP contribution in [0.25, 0.3) is 6.08 Å². The number of aromatic nitrogens is 3. The number of hydrogen-bond acceptors (Lipinski definition) is 5. The molecule has 7 nitrogen and oxygen atoms in total. The van der Waals surface area contributed by atoms with Gasteiger partial charge in [-0.05, 0) is 57.0 Å². The van der Waals surface area contributed by atoms with Gasteiger partial charge in [0, 0.05) is 30.3 Å². The molecule has 2 N–H and O–H groups in total. The molecule has 0 spiro atoms. The van der Waals surface area contributed by atoms with E-state index in [0.717, 1.165) is 31.0 Å². The van der Waals surface area contributed by atoms with Crippen molar-refractivity contribution in [1.29, 1.82) is 0 Å². The van der Waals surface area contributed by atoms with Crippen molar-refractivity contribution in [2.75, 3.05) is 13.1 Å². The van der Waals surface area contributed by atoms with Gasteiger partial charge in [-0.2, -0.15) is 5.10 Å². The molecule has 2 aliphatic heterocycles. The predicted molar refractivity (Wildman–Crippen MR) is 104 cm³/mol. The summed E-state index contributed by atoms with van der Waals surface area (Å²) >= 11 is 0. The minimum atomic E-state index is -0.222. The van der Waals surface area contributed by atoms with E-state index in [1.165, 1.54) is 30.4 Å². The number of nitrogens with zero attached hydrogens (tertiary/aromatic N) is 4. The molecule has 140 valence electrons. The fourth-order valence-corrected chi connectivity index (χ4v) is 3.77. The van der Waals surface area contributed by atoms with Gasteiger partial charge in [0.1, 0.15) is 11.4 Å². The van der Waals surface area contributed by atoms with Crippen LogP contribution in [0.1, 0.15) is 47.5 Å². The maximum absolute atomic E-state index is 12.3. The summed E-state index contributed by atoms with van der Waals surface area (Å²) in [6.45, 7) is 7.48. The highest BCUT2D eigenvalue weighted by atomic mass is 16.2. The summed E-state index contributed by atoms with van der Waals surface area (Å²) in [4.78, 5) is 26.6. The number of H-pyrrole nitrogens is 1. The molecule has 0 unspecified atom stereocenters. The minimum Gasteiger partial charge on any atom is -0.359 e. The third kappa shape index (κ3) is 3.55. The molecule has 1 fully saturated rings. The van der Waals surface area contributed by atoms with Crippen molar-refractivity contribution in [1.82, 2.24) is 25.3 Å². The Morgan fingerprint density at radius 3 is 2.74 bits per heavy atom. The lowest BCUT2D eigenvalue weighted by molar-refractivity contribution is -0.116. The van der Waals surface area contributed by atoms with Crippen molar-refractivity contribution in [3.8, 4) is 0 Å². The fraction of sp³-hybridized carbons (Fsp3) is 0.400. The van der Waals surface area contributed by atoms with E-state index in [4.69, 9.17) is 0 Å². The van der Waals surface area contributed by atoms with Gasteiger partial charge in [0.25, 0.3) is 5.91 Å². The van der Waals surface area contributed by atoms with Gasteiger partial charge in [0.15, 0.2) is 0 Å². The Balaban J connectivity index is 1.64. The summed E-state index contributed by atoms with van der Waals surface area (Å²) in [6, 6.07) is 0. The first kappa shape index (κ1) is 17.6. The summed E-state index contributed by atoms with van der Waals surface area (Å²) in [5.74, 6) is -0.222. The second-order valence-corrected chi connectivity index (χ2v) is 7.15. The molecule has 2 aromatic rings. The standard InChI is InChI=1S/C20H24N6O/c1-13-16(12-26-8-4-3-5-9-26)14(2)23-17(13)10-15-19(24-25-20(15)27)18-11-21-6-7-22-18/h6-7,10-11,23H,3-5,8-9,12H2,1-2H3,(H,25,27). The van der Waals surface area contributed by atoms with Crippen LogP contribution >= 0.6 is 0 Å². The van der Waals surface area contributed by atoms with Crippen LogP contribution in [0.2, 0.25) is 0 Å². The van der Waals surface area contributed by atoms with Gasteiger partial charge in [0.2, 0.25) is 0 Å². The van der Waals surface area contributed by atoms with Crippen LogP contribution in [-0.4, -0.2) is 44.6 Å². The molecule has 0 atom stereocenters. The van der Waals surface area contributed by atoms with E-state index in [1.54, 1.807) is 18.6 Å². The van der Waals surface area contributed by atoms with Crippen LogP contribution in [0.4, 0.5) is 0 Å². The molecule has 1 saturated heterocycles. The molecular formula is C20H24N6O. The fourth-order valence-electron chi connectivity index (χ4n) is 3.77. The Labute approximate surface area is 158 Å². The van der Waals surface area contributed by atoms with Gasteiger partial charge in [-0.15, -0.1) is 0 Å². The lowest BCUT2D eigenvalue weighted by Gasteiger charge is -2.26. The number of likely N-dealkylation sites (tertiary alicyclic amines) is 1. The molecule has 0 bridgehead atoms. The summed E-state index contributed by atoms with van der Waals surface area (Å²) in [6.07, 6.45) is 10.6.